The van der Waals surface area contributed by atoms with Crippen molar-refractivity contribution in [2.24, 2.45) is 0 Å². The van der Waals surface area contributed by atoms with Crippen molar-refractivity contribution in [1.29, 1.82) is 0 Å². The molecule has 0 N–H and O–H groups in total. The standard InChI is InChI=1S/C10H12B2O4/c1-2-9(11-13-4-5-14-11)8-10(3-1)12-15-6-7-16-12/h1-3,8H,4-7H2. The average molecular weight is 218 g/mol. The molecule has 0 aliphatic carbocycles. The molecule has 0 aromatic heterocycles. The maximum Gasteiger partial charge on any atom is 0.493 e. The van der Waals surface area contributed by atoms with Gasteiger partial charge in [-0.1, -0.05) is 24.3 Å². The van der Waals surface area contributed by atoms with E-state index in [-0.39, 0.29) is 14.2 Å². The third-order valence-electron chi connectivity index (χ3n) is 2.70. The molecule has 0 saturated carbocycles. The Morgan fingerprint density at radius 3 is 1.62 bits per heavy atom. The normalized spacial score (nSPS) is 20.8. The molecule has 2 aliphatic rings. The van der Waals surface area contributed by atoms with Gasteiger partial charge in [0.15, 0.2) is 0 Å². The summed E-state index contributed by atoms with van der Waals surface area (Å²) in [6, 6.07) is 7.98. The highest BCUT2D eigenvalue weighted by atomic mass is 16.6. The highest BCUT2D eigenvalue weighted by Gasteiger charge is 2.30. The highest BCUT2D eigenvalue weighted by Crippen LogP contribution is 2.02. The summed E-state index contributed by atoms with van der Waals surface area (Å²) < 4.78 is 21.8. The van der Waals surface area contributed by atoms with Gasteiger partial charge in [-0.25, -0.2) is 0 Å². The van der Waals surface area contributed by atoms with Gasteiger partial charge in [0.25, 0.3) is 0 Å². The highest BCUT2D eigenvalue weighted by molar-refractivity contribution is 6.65. The van der Waals surface area contributed by atoms with Gasteiger partial charge < -0.3 is 18.6 Å². The number of hydrogen-bond donors (Lipinski definition) is 0. The van der Waals surface area contributed by atoms with Crippen LogP contribution in [0.4, 0.5) is 0 Å². The lowest BCUT2D eigenvalue weighted by Crippen LogP contribution is -2.39. The Hall–Kier alpha value is -0.810. The molecule has 0 radical (unpaired) electrons. The van der Waals surface area contributed by atoms with Gasteiger partial charge in [0, 0.05) is 0 Å². The molecule has 6 heteroatoms. The predicted octanol–water partition coefficient (Wildman–Crippen LogP) is -0.829. The maximum absolute atomic E-state index is 5.45. The maximum atomic E-state index is 5.45. The van der Waals surface area contributed by atoms with Gasteiger partial charge >= 0.3 is 14.2 Å². The SMILES string of the molecule is c1cc(B2OCCO2)cc(B2OCCO2)c1. The minimum absolute atomic E-state index is 0.235. The number of hydrogen-bond acceptors (Lipinski definition) is 4. The van der Waals surface area contributed by atoms with E-state index in [0.717, 1.165) is 10.9 Å². The van der Waals surface area contributed by atoms with Crippen LogP contribution in [0.15, 0.2) is 24.3 Å². The summed E-state index contributed by atoms with van der Waals surface area (Å²) in [6.45, 7) is 2.63. The van der Waals surface area contributed by atoms with Crippen molar-refractivity contribution in [3.05, 3.63) is 24.3 Å². The molecule has 4 nitrogen and oxygen atoms in total. The van der Waals surface area contributed by atoms with Gasteiger partial charge in [0.05, 0.1) is 26.4 Å². The van der Waals surface area contributed by atoms with Gasteiger partial charge in [0.1, 0.15) is 0 Å². The van der Waals surface area contributed by atoms with Crippen molar-refractivity contribution in [2.45, 2.75) is 0 Å². The minimum atomic E-state index is -0.235. The van der Waals surface area contributed by atoms with Crippen LogP contribution in [-0.4, -0.2) is 40.7 Å². The second-order valence-corrected chi connectivity index (χ2v) is 3.82. The van der Waals surface area contributed by atoms with Gasteiger partial charge in [-0.2, -0.15) is 0 Å². The summed E-state index contributed by atoms with van der Waals surface area (Å²) in [5.74, 6) is 0. The lowest BCUT2D eigenvalue weighted by atomic mass is 9.72. The average Bonchev–Trinajstić information content (AvgIpc) is 3.03. The zero-order valence-corrected chi connectivity index (χ0v) is 8.93. The molecule has 1 aromatic carbocycles. The van der Waals surface area contributed by atoms with Crippen LogP contribution in [0, 0.1) is 0 Å². The summed E-state index contributed by atoms with van der Waals surface area (Å²) in [5, 5.41) is 0. The molecule has 1 aromatic rings. The second-order valence-electron chi connectivity index (χ2n) is 3.82. The minimum Gasteiger partial charge on any atom is -0.405 e. The molecule has 2 saturated heterocycles. The van der Waals surface area contributed by atoms with Gasteiger partial charge in [-0.3, -0.25) is 0 Å². The fourth-order valence-electron chi connectivity index (χ4n) is 1.95. The summed E-state index contributed by atoms with van der Waals surface area (Å²) >= 11 is 0. The van der Waals surface area contributed by atoms with Gasteiger partial charge in [-0.15, -0.1) is 0 Å². The van der Waals surface area contributed by atoms with Crippen molar-refractivity contribution in [1.82, 2.24) is 0 Å². The van der Waals surface area contributed by atoms with Crippen LogP contribution in [0.2, 0.25) is 0 Å². The summed E-state index contributed by atoms with van der Waals surface area (Å²) in [4.78, 5) is 0. The van der Waals surface area contributed by atoms with Crippen molar-refractivity contribution in [3.63, 3.8) is 0 Å². The largest absolute Gasteiger partial charge is 0.493 e. The van der Waals surface area contributed by atoms with E-state index in [1.807, 2.05) is 24.3 Å². The van der Waals surface area contributed by atoms with Crippen molar-refractivity contribution in [2.75, 3.05) is 26.4 Å². The first kappa shape index (κ1) is 10.4. The molecule has 0 amide bonds. The van der Waals surface area contributed by atoms with E-state index < -0.39 is 0 Å². The molecule has 2 heterocycles. The van der Waals surface area contributed by atoms with Crippen LogP contribution in [0.25, 0.3) is 0 Å². The molecule has 0 spiro atoms. The van der Waals surface area contributed by atoms with Gasteiger partial charge in [0.2, 0.25) is 0 Å². The first-order valence-electron chi connectivity index (χ1n) is 5.50. The summed E-state index contributed by atoms with van der Waals surface area (Å²) in [7, 11) is -0.470. The molecular weight excluding hydrogens is 206 g/mol. The Balaban J connectivity index is 1.81. The molecule has 82 valence electrons. The van der Waals surface area contributed by atoms with Crippen molar-refractivity contribution in [3.8, 4) is 0 Å². The van der Waals surface area contributed by atoms with E-state index in [0.29, 0.717) is 26.4 Å². The molecule has 0 atom stereocenters. The van der Waals surface area contributed by atoms with E-state index in [2.05, 4.69) is 0 Å². The van der Waals surface area contributed by atoms with Crippen LogP contribution in [-0.2, 0) is 18.6 Å². The third kappa shape index (κ3) is 2.01. The molecule has 0 unspecified atom stereocenters. The smallest absolute Gasteiger partial charge is 0.405 e. The fourth-order valence-corrected chi connectivity index (χ4v) is 1.95. The van der Waals surface area contributed by atoms with Crippen LogP contribution in [0.3, 0.4) is 0 Å². The molecule has 16 heavy (non-hydrogen) atoms. The summed E-state index contributed by atoms with van der Waals surface area (Å²) in [6.07, 6.45) is 0. The second kappa shape index (κ2) is 4.59. The number of benzene rings is 1. The monoisotopic (exact) mass is 218 g/mol. The Kier molecular flexibility index (Phi) is 2.97. The van der Waals surface area contributed by atoms with Crippen LogP contribution in [0.5, 0.6) is 0 Å². The van der Waals surface area contributed by atoms with Crippen molar-refractivity contribution >= 4 is 25.2 Å². The molecular formula is C10H12B2O4. The molecule has 2 aliphatic heterocycles. The fraction of sp³-hybridized carbons (Fsp3) is 0.400. The zero-order valence-electron chi connectivity index (χ0n) is 8.93. The quantitative estimate of drug-likeness (QED) is 0.607. The van der Waals surface area contributed by atoms with Crippen LogP contribution < -0.4 is 10.9 Å². The Labute approximate surface area is 95.1 Å². The molecule has 2 fully saturated rings. The van der Waals surface area contributed by atoms with Gasteiger partial charge in [-0.05, 0) is 10.9 Å². The topological polar surface area (TPSA) is 36.9 Å². The lowest BCUT2D eigenvalue weighted by molar-refractivity contribution is 0.365. The van der Waals surface area contributed by atoms with E-state index in [9.17, 15) is 0 Å². The molecule has 0 bridgehead atoms. The first-order chi connectivity index (χ1) is 7.93. The zero-order chi connectivity index (χ0) is 10.8. The van der Waals surface area contributed by atoms with E-state index in [1.165, 1.54) is 0 Å². The number of rotatable bonds is 2. The van der Waals surface area contributed by atoms with Crippen molar-refractivity contribution < 1.29 is 18.6 Å². The predicted molar refractivity (Wildman–Crippen MR) is 61.0 cm³/mol. The Bertz CT molecular complexity index is 330. The summed E-state index contributed by atoms with van der Waals surface area (Å²) in [5.41, 5.74) is 2.04. The van der Waals surface area contributed by atoms with E-state index in [1.54, 1.807) is 0 Å². The third-order valence-corrected chi connectivity index (χ3v) is 2.70. The Morgan fingerprint density at radius 2 is 1.19 bits per heavy atom. The van der Waals surface area contributed by atoms with Crippen LogP contribution in [0.1, 0.15) is 0 Å². The van der Waals surface area contributed by atoms with Crippen LogP contribution >= 0.6 is 0 Å². The van der Waals surface area contributed by atoms with E-state index in [4.69, 9.17) is 18.6 Å². The lowest BCUT2D eigenvalue weighted by Gasteiger charge is -2.08. The first-order valence-corrected chi connectivity index (χ1v) is 5.50. The molecule has 3 rings (SSSR count). The Morgan fingerprint density at radius 1 is 0.750 bits per heavy atom. The van der Waals surface area contributed by atoms with E-state index >= 15 is 0 Å².